The minimum Gasteiger partial charge on any atom is -0.338 e. The summed E-state index contributed by atoms with van der Waals surface area (Å²) in [4.78, 5) is 28.3. The molecule has 2 aliphatic rings. The van der Waals surface area contributed by atoms with E-state index in [9.17, 15) is 9.59 Å². The van der Waals surface area contributed by atoms with Crippen LogP contribution in [0.3, 0.4) is 0 Å². The van der Waals surface area contributed by atoms with Crippen LogP contribution in [0.1, 0.15) is 23.2 Å². The molecule has 1 aromatic heterocycles. The number of carbonyl (C=O) groups is 1. The van der Waals surface area contributed by atoms with Gasteiger partial charge >= 0.3 is 0 Å². The Hall–Kier alpha value is -1.62. The number of rotatable bonds is 1. The van der Waals surface area contributed by atoms with Crippen LogP contribution in [0.2, 0.25) is 0 Å². The Labute approximate surface area is 105 Å². The van der Waals surface area contributed by atoms with Gasteiger partial charge in [0, 0.05) is 31.2 Å². The number of amides is 1. The fraction of sp³-hybridized carbons (Fsp3) is 0.538. The van der Waals surface area contributed by atoms with Crippen molar-refractivity contribution in [2.45, 2.75) is 12.8 Å². The molecule has 0 saturated carbocycles. The van der Waals surface area contributed by atoms with Crippen molar-refractivity contribution in [2.75, 3.05) is 26.2 Å². The fourth-order valence-corrected chi connectivity index (χ4v) is 3.01. The first-order valence-electron chi connectivity index (χ1n) is 6.38. The van der Waals surface area contributed by atoms with Gasteiger partial charge in [-0.1, -0.05) is 0 Å². The predicted molar refractivity (Wildman–Crippen MR) is 67.5 cm³/mol. The van der Waals surface area contributed by atoms with Gasteiger partial charge in [0.15, 0.2) is 0 Å². The number of pyridine rings is 1. The van der Waals surface area contributed by atoms with Gasteiger partial charge in [0.1, 0.15) is 5.56 Å². The molecule has 2 saturated heterocycles. The SMILES string of the molecule is O=C(c1ccc[nH]c1=O)N1CCC2(CCNC2)C1. The number of aromatic amines is 1. The lowest BCUT2D eigenvalue weighted by Gasteiger charge is -2.22. The lowest BCUT2D eigenvalue weighted by molar-refractivity contribution is 0.0774. The first-order chi connectivity index (χ1) is 8.70. The van der Waals surface area contributed by atoms with E-state index in [4.69, 9.17) is 0 Å². The molecule has 2 N–H and O–H groups in total. The van der Waals surface area contributed by atoms with Gasteiger partial charge in [0.2, 0.25) is 0 Å². The van der Waals surface area contributed by atoms with Crippen LogP contribution in [-0.2, 0) is 0 Å². The van der Waals surface area contributed by atoms with Gasteiger partial charge < -0.3 is 15.2 Å². The average Bonchev–Trinajstić information content (AvgIpc) is 3.00. The van der Waals surface area contributed by atoms with Crippen molar-refractivity contribution in [3.63, 3.8) is 0 Å². The molecular formula is C13H17N3O2. The second-order valence-corrected chi connectivity index (χ2v) is 5.32. The maximum absolute atomic E-state index is 12.3. The molecule has 0 aliphatic carbocycles. The van der Waals surface area contributed by atoms with E-state index in [1.54, 1.807) is 18.3 Å². The van der Waals surface area contributed by atoms with Crippen molar-refractivity contribution in [3.05, 3.63) is 34.2 Å². The molecule has 18 heavy (non-hydrogen) atoms. The minimum atomic E-state index is -0.298. The van der Waals surface area contributed by atoms with Gasteiger partial charge in [-0.2, -0.15) is 0 Å². The molecule has 0 bridgehead atoms. The Morgan fingerprint density at radius 1 is 1.39 bits per heavy atom. The van der Waals surface area contributed by atoms with E-state index in [-0.39, 0.29) is 22.4 Å². The third-order valence-corrected chi connectivity index (χ3v) is 4.11. The number of hydrogen-bond donors (Lipinski definition) is 2. The Kier molecular flexibility index (Phi) is 2.70. The number of aromatic nitrogens is 1. The zero-order valence-corrected chi connectivity index (χ0v) is 10.2. The number of carbonyl (C=O) groups excluding carboxylic acids is 1. The number of H-pyrrole nitrogens is 1. The van der Waals surface area contributed by atoms with Gasteiger partial charge in [0.25, 0.3) is 11.5 Å². The number of nitrogens with zero attached hydrogens (tertiary/aromatic N) is 1. The van der Waals surface area contributed by atoms with Gasteiger partial charge in [-0.15, -0.1) is 0 Å². The van der Waals surface area contributed by atoms with Crippen LogP contribution in [0.15, 0.2) is 23.1 Å². The molecule has 96 valence electrons. The summed E-state index contributed by atoms with van der Waals surface area (Å²) in [5.41, 5.74) is 0.200. The lowest BCUT2D eigenvalue weighted by Crippen LogP contribution is -2.35. The Balaban J connectivity index is 1.79. The summed E-state index contributed by atoms with van der Waals surface area (Å²) in [7, 11) is 0. The van der Waals surface area contributed by atoms with Crippen molar-refractivity contribution >= 4 is 5.91 Å². The predicted octanol–water partition coefficient (Wildman–Crippen LogP) is 0.201. The number of hydrogen-bond acceptors (Lipinski definition) is 3. The maximum atomic E-state index is 12.3. The Morgan fingerprint density at radius 2 is 2.28 bits per heavy atom. The molecule has 5 nitrogen and oxygen atoms in total. The van der Waals surface area contributed by atoms with Crippen molar-refractivity contribution < 1.29 is 4.79 Å². The van der Waals surface area contributed by atoms with Gasteiger partial charge in [-0.05, 0) is 31.5 Å². The first kappa shape index (κ1) is 11.5. The molecule has 1 amide bonds. The number of likely N-dealkylation sites (tertiary alicyclic amines) is 1. The van der Waals surface area contributed by atoms with Crippen molar-refractivity contribution in [1.29, 1.82) is 0 Å². The highest BCUT2D eigenvalue weighted by Crippen LogP contribution is 2.36. The third kappa shape index (κ3) is 1.84. The van der Waals surface area contributed by atoms with Gasteiger partial charge in [-0.3, -0.25) is 9.59 Å². The molecule has 5 heteroatoms. The third-order valence-electron chi connectivity index (χ3n) is 4.11. The van der Waals surface area contributed by atoms with E-state index < -0.39 is 0 Å². The van der Waals surface area contributed by atoms with E-state index >= 15 is 0 Å². The second kappa shape index (κ2) is 4.24. The smallest absolute Gasteiger partial charge is 0.260 e. The molecule has 1 spiro atoms. The Bertz CT molecular complexity index is 517. The maximum Gasteiger partial charge on any atom is 0.260 e. The van der Waals surface area contributed by atoms with Crippen LogP contribution in [0.25, 0.3) is 0 Å². The quantitative estimate of drug-likeness (QED) is 0.745. The van der Waals surface area contributed by atoms with Crippen molar-refractivity contribution in [2.24, 2.45) is 5.41 Å². The van der Waals surface area contributed by atoms with Crippen LogP contribution in [-0.4, -0.2) is 42.0 Å². The van der Waals surface area contributed by atoms with E-state index in [0.29, 0.717) is 0 Å². The van der Waals surface area contributed by atoms with E-state index in [2.05, 4.69) is 10.3 Å². The molecule has 1 aromatic rings. The fourth-order valence-electron chi connectivity index (χ4n) is 3.01. The molecule has 3 rings (SSSR count). The van der Waals surface area contributed by atoms with Crippen LogP contribution in [0, 0.1) is 5.41 Å². The zero-order valence-electron chi connectivity index (χ0n) is 10.2. The van der Waals surface area contributed by atoms with Crippen LogP contribution < -0.4 is 10.9 Å². The second-order valence-electron chi connectivity index (χ2n) is 5.32. The monoisotopic (exact) mass is 247 g/mol. The highest BCUT2D eigenvalue weighted by Gasteiger charge is 2.42. The topological polar surface area (TPSA) is 65.2 Å². The summed E-state index contributed by atoms with van der Waals surface area (Å²) >= 11 is 0. The molecular weight excluding hydrogens is 230 g/mol. The minimum absolute atomic E-state index is 0.138. The molecule has 1 unspecified atom stereocenters. The lowest BCUT2D eigenvalue weighted by atomic mass is 9.86. The standard InChI is InChI=1S/C13H17N3O2/c17-11-10(2-1-5-15-11)12(18)16-7-4-13(9-16)3-6-14-8-13/h1-2,5,14H,3-4,6-9H2,(H,15,17). The zero-order chi connectivity index (χ0) is 12.6. The van der Waals surface area contributed by atoms with Gasteiger partial charge in [-0.25, -0.2) is 0 Å². The highest BCUT2D eigenvalue weighted by atomic mass is 16.2. The molecule has 1 atom stereocenters. The Morgan fingerprint density at radius 3 is 3.00 bits per heavy atom. The summed E-state index contributed by atoms with van der Waals surface area (Å²) in [5, 5.41) is 3.36. The van der Waals surface area contributed by atoms with E-state index in [1.165, 1.54) is 0 Å². The average molecular weight is 247 g/mol. The van der Waals surface area contributed by atoms with Crippen LogP contribution in [0.4, 0.5) is 0 Å². The normalized spacial score (nSPS) is 27.0. The molecule has 0 radical (unpaired) electrons. The summed E-state index contributed by atoms with van der Waals surface area (Å²) in [6.07, 6.45) is 3.71. The largest absolute Gasteiger partial charge is 0.338 e. The van der Waals surface area contributed by atoms with Gasteiger partial charge in [0.05, 0.1) is 0 Å². The molecule has 2 fully saturated rings. The van der Waals surface area contributed by atoms with Crippen LogP contribution >= 0.6 is 0 Å². The van der Waals surface area contributed by atoms with E-state index in [0.717, 1.165) is 39.0 Å². The molecule has 2 aliphatic heterocycles. The summed E-state index contributed by atoms with van der Waals surface area (Å²) in [6, 6.07) is 3.29. The number of nitrogens with one attached hydrogen (secondary N) is 2. The van der Waals surface area contributed by atoms with E-state index in [1.807, 2.05) is 4.90 Å². The van der Waals surface area contributed by atoms with Crippen LogP contribution in [0.5, 0.6) is 0 Å². The van der Waals surface area contributed by atoms with Crippen molar-refractivity contribution in [1.82, 2.24) is 15.2 Å². The first-order valence-corrected chi connectivity index (χ1v) is 6.38. The van der Waals surface area contributed by atoms with Crippen molar-refractivity contribution in [3.8, 4) is 0 Å². The summed E-state index contributed by atoms with van der Waals surface area (Å²) < 4.78 is 0. The summed E-state index contributed by atoms with van der Waals surface area (Å²) in [6.45, 7) is 3.55. The highest BCUT2D eigenvalue weighted by molar-refractivity contribution is 5.94. The molecule has 3 heterocycles. The summed E-state index contributed by atoms with van der Waals surface area (Å²) in [5.74, 6) is -0.138. The molecule has 0 aromatic carbocycles.